The van der Waals surface area contributed by atoms with E-state index in [1.807, 2.05) is 44.3 Å². The fourth-order valence-corrected chi connectivity index (χ4v) is 3.52. The van der Waals surface area contributed by atoms with Gasteiger partial charge in [-0.25, -0.2) is 10.0 Å². The molecule has 6 heteroatoms. The first-order valence-electron chi connectivity index (χ1n) is 11.0. The Kier molecular flexibility index (Phi) is 9.85. The highest BCUT2D eigenvalue weighted by Gasteiger charge is 2.11. The monoisotopic (exact) mass is 422 g/mol. The molecule has 0 radical (unpaired) electrons. The van der Waals surface area contributed by atoms with Crippen LogP contribution in [0.3, 0.4) is 0 Å². The van der Waals surface area contributed by atoms with Crippen molar-refractivity contribution >= 4 is 11.8 Å². The highest BCUT2D eigenvalue weighted by atomic mass is 15.6. The summed E-state index contributed by atoms with van der Waals surface area (Å²) in [7, 11) is 5.90. The lowest BCUT2D eigenvalue weighted by Crippen LogP contribution is -2.38. The Labute approximate surface area is 187 Å². The SMILES string of the molecule is C=C(/N=C\c1ccc(/C2=C/C(CC)=C(/CNC)CC=CC2)nc1C)N(C)N(C)CCN. The molecular formula is C25H38N6. The van der Waals surface area contributed by atoms with E-state index in [1.54, 1.807) is 0 Å². The number of aryl methyl sites for hydroxylation is 1. The third-order valence-corrected chi connectivity index (χ3v) is 5.59. The standard InChI is InChI=1S/C25H38N6/c1-7-21-16-22(10-8-9-11-24(21)17-27-4)25-13-12-23(19(2)29-25)18-28-20(3)31(6)30(5)15-14-26/h8-9,12-13,16,18,27H,3,7,10-11,14-15,17,26H2,1-2,4-6H3/b9-8?,22-16+,24-21+,28-18-. The molecule has 1 heterocycles. The van der Waals surface area contributed by atoms with Gasteiger partial charge in [-0.2, -0.15) is 0 Å². The largest absolute Gasteiger partial charge is 0.329 e. The van der Waals surface area contributed by atoms with Crippen molar-refractivity contribution in [2.75, 3.05) is 40.8 Å². The summed E-state index contributed by atoms with van der Waals surface area (Å²) in [6.45, 7) is 10.5. The third kappa shape index (κ3) is 6.99. The van der Waals surface area contributed by atoms with Gasteiger partial charge < -0.3 is 11.1 Å². The van der Waals surface area contributed by atoms with E-state index in [9.17, 15) is 0 Å². The molecule has 0 bridgehead atoms. The van der Waals surface area contributed by atoms with Crippen molar-refractivity contribution in [3.05, 3.63) is 70.9 Å². The van der Waals surface area contributed by atoms with Crippen LogP contribution in [0.2, 0.25) is 0 Å². The number of pyridine rings is 1. The van der Waals surface area contributed by atoms with Crippen molar-refractivity contribution in [1.82, 2.24) is 20.3 Å². The van der Waals surface area contributed by atoms with Crippen LogP contribution < -0.4 is 11.1 Å². The second-order valence-corrected chi connectivity index (χ2v) is 7.80. The van der Waals surface area contributed by atoms with Gasteiger partial charge in [0.05, 0.1) is 5.69 Å². The van der Waals surface area contributed by atoms with Crippen LogP contribution in [0.15, 0.2) is 58.9 Å². The van der Waals surface area contributed by atoms with Crippen molar-refractivity contribution in [2.45, 2.75) is 33.1 Å². The summed E-state index contributed by atoms with van der Waals surface area (Å²) in [4.78, 5) is 9.42. The Morgan fingerprint density at radius 1 is 1.29 bits per heavy atom. The topological polar surface area (TPSA) is 69.8 Å². The van der Waals surface area contributed by atoms with E-state index >= 15 is 0 Å². The van der Waals surface area contributed by atoms with Gasteiger partial charge in [0.2, 0.25) is 0 Å². The zero-order chi connectivity index (χ0) is 22.8. The van der Waals surface area contributed by atoms with Crippen LogP contribution in [0.5, 0.6) is 0 Å². The number of rotatable bonds is 10. The first-order chi connectivity index (χ1) is 14.9. The molecule has 1 aromatic rings. The summed E-state index contributed by atoms with van der Waals surface area (Å²) in [6, 6.07) is 4.18. The van der Waals surface area contributed by atoms with Gasteiger partial charge in [0.1, 0.15) is 5.82 Å². The van der Waals surface area contributed by atoms with E-state index in [0.717, 1.165) is 49.3 Å². The Balaban J connectivity index is 2.25. The molecule has 0 aliphatic heterocycles. The number of likely N-dealkylation sites (N-methyl/N-ethyl adjacent to an activating group) is 2. The van der Waals surface area contributed by atoms with Crippen LogP contribution in [-0.2, 0) is 0 Å². The molecule has 0 fully saturated rings. The molecule has 1 aliphatic carbocycles. The molecule has 0 saturated carbocycles. The van der Waals surface area contributed by atoms with E-state index in [1.165, 1.54) is 16.7 Å². The number of nitrogens with one attached hydrogen (secondary N) is 1. The van der Waals surface area contributed by atoms with Crippen LogP contribution in [0.4, 0.5) is 0 Å². The summed E-state index contributed by atoms with van der Waals surface area (Å²) in [5, 5.41) is 7.18. The number of aromatic nitrogens is 1. The number of aliphatic imine (C=N–C) groups is 1. The lowest BCUT2D eigenvalue weighted by molar-refractivity contribution is 0.0681. The fourth-order valence-electron chi connectivity index (χ4n) is 3.52. The fraction of sp³-hybridized carbons (Fsp3) is 0.440. The minimum Gasteiger partial charge on any atom is -0.329 e. The van der Waals surface area contributed by atoms with Crippen molar-refractivity contribution in [3.8, 4) is 0 Å². The molecule has 1 aromatic heterocycles. The Morgan fingerprint density at radius 3 is 2.68 bits per heavy atom. The number of nitrogens with zero attached hydrogens (tertiary/aromatic N) is 4. The van der Waals surface area contributed by atoms with Crippen molar-refractivity contribution in [1.29, 1.82) is 0 Å². The molecule has 31 heavy (non-hydrogen) atoms. The minimum absolute atomic E-state index is 0.582. The molecule has 2 rings (SSSR count). The van der Waals surface area contributed by atoms with Crippen LogP contribution in [0.25, 0.3) is 5.57 Å². The molecule has 168 valence electrons. The van der Waals surface area contributed by atoms with E-state index in [-0.39, 0.29) is 0 Å². The molecule has 0 aromatic carbocycles. The smallest absolute Gasteiger partial charge is 0.135 e. The second kappa shape index (κ2) is 12.3. The Bertz CT molecular complexity index is 878. The minimum atomic E-state index is 0.582. The number of hydrazine groups is 1. The van der Waals surface area contributed by atoms with Crippen molar-refractivity contribution in [2.24, 2.45) is 10.7 Å². The van der Waals surface area contributed by atoms with Gasteiger partial charge >= 0.3 is 0 Å². The van der Waals surface area contributed by atoms with E-state index in [4.69, 9.17) is 10.7 Å². The predicted octanol–water partition coefficient (Wildman–Crippen LogP) is 3.68. The first-order valence-corrected chi connectivity index (χ1v) is 11.0. The quantitative estimate of drug-likeness (QED) is 0.342. The van der Waals surface area contributed by atoms with Gasteiger partial charge in [-0.3, -0.25) is 9.99 Å². The highest BCUT2D eigenvalue weighted by molar-refractivity contribution is 5.82. The summed E-state index contributed by atoms with van der Waals surface area (Å²) in [6.07, 6.45) is 11.6. The lowest BCUT2D eigenvalue weighted by Gasteiger charge is -2.29. The summed E-state index contributed by atoms with van der Waals surface area (Å²) < 4.78 is 0. The van der Waals surface area contributed by atoms with Gasteiger partial charge in [0.15, 0.2) is 0 Å². The molecule has 1 aliphatic rings. The van der Waals surface area contributed by atoms with E-state index in [2.05, 4.69) is 54.2 Å². The van der Waals surface area contributed by atoms with Crippen molar-refractivity contribution < 1.29 is 0 Å². The Morgan fingerprint density at radius 2 is 2.03 bits per heavy atom. The summed E-state index contributed by atoms with van der Waals surface area (Å²) in [5.41, 5.74) is 12.7. The molecule has 0 atom stereocenters. The molecule has 6 nitrogen and oxygen atoms in total. The molecule has 0 amide bonds. The predicted molar refractivity (Wildman–Crippen MR) is 133 cm³/mol. The van der Waals surface area contributed by atoms with Gasteiger partial charge in [-0.1, -0.05) is 31.7 Å². The van der Waals surface area contributed by atoms with E-state index < -0.39 is 0 Å². The molecule has 0 unspecified atom stereocenters. The van der Waals surface area contributed by atoms with Gasteiger partial charge in [0, 0.05) is 51.2 Å². The molecule has 0 spiro atoms. The van der Waals surface area contributed by atoms with E-state index in [0.29, 0.717) is 12.4 Å². The maximum Gasteiger partial charge on any atom is 0.135 e. The number of hydrogen-bond donors (Lipinski definition) is 2. The summed E-state index contributed by atoms with van der Waals surface area (Å²) >= 11 is 0. The van der Waals surface area contributed by atoms with Crippen LogP contribution in [-0.4, -0.2) is 62.0 Å². The first kappa shape index (κ1) is 24.7. The summed E-state index contributed by atoms with van der Waals surface area (Å²) in [5.74, 6) is 0.655. The van der Waals surface area contributed by atoms with Crippen molar-refractivity contribution in [3.63, 3.8) is 0 Å². The molecule has 0 saturated heterocycles. The lowest BCUT2D eigenvalue weighted by atomic mass is 9.94. The van der Waals surface area contributed by atoms with Crippen LogP contribution in [0, 0.1) is 6.92 Å². The Hall–Kier alpha value is -2.54. The van der Waals surface area contributed by atoms with Gasteiger partial charge in [-0.05, 0) is 62.1 Å². The van der Waals surface area contributed by atoms with Gasteiger partial charge in [-0.15, -0.1) is 0 Å². The third-order valence-electron chi connectivity index (χ3n) is 5.59. The maximum atomic E-state index is 5.63. The number of hydrogen-bond acceptors (Lipinski definition) is 6. The second-order valence-electron chi connectivity index (χ2n) is 7.80. The zero-order valence-corrected chi connectivity index (χ0v) is 19.8. The highest BCUT2D eigenvalue weighted by Crippen LogP contribution is 2.26. The molecular weight excluding hydrogens is 384 g/mol. The van der Waals surface area contributed by atoms with Crippen LogP contribution >= 0.6 is 0 Å². The number of nitrogens with two attached hydrogens (primary N) is 1. The maximum absolute atomic E-state index is 5.63. The average molecular weight is 423 g/mol. The molecule has 3 N–H and O–H groups in total. The normalized spacial score (nSPS) is 18.7. The average Bonchev–Trinajstić information content (AvgIpc) is 2.74. The zero-order valence-electron chi connectivity index (χ0n) is 19.8. The van der Waals surface area contributed by atoms with Crippen LogP contribution in [0.1, 0.15) is 43.1 Å². The van der Waals surface area contributed by atoms with Gasteiger partial charge in [0.25, 0.3) is 0 Å². The number of allylic oxidation sites excluding steroid dienone is 5.